The van der Waals surface area contributed by atoms with Gasteiger partial charge in [0.15, 0.2) is 0 Å². The molecule has 0 spiro atoms. The van der Waals surface area contributed by atoms with Gasteiger partial charge in [-0.1, -0.05) is 125 Å². The van der Waals surface area contributed by atoms with E-state index in [1.807, 2.05) is 0 Å². The van der Waals surface area contributed by atoms with Gasteiger partial charge in [0.05, 0.1) is 34.1 Å². The Morgan fingerprint density at radius 2 is 0.717 bits per heavy atom. The highest BCUT2D eigenvalue weighted by atomic mass is 32.1. The molecule has 0 saturated heterocycles. The second-order valence-electron chi connectivity index (χ2n) is 16.3. The maximum absolute atomic E-state index is 8.75. The fraction of sp³-hybridized carbons (Fsp3) is 0.120. The zero-order chi connectivity index (χ0) is 41.5. The lowest BCUT2D eigenvalue weighted by molar-refractivity contribution is 0.632. The minimum absolute atomic E-state index is 0.145. The van der Waals surface area contributed by atoms with Crippen molar-refractivity contribution < 1.29 is 0 Å². The molecule has 0 amide bonds. The van der Waals surface area contributed by atoms with Gasteiger partial charge < -0.3 is 9.80 Å². The molecule has 1 aromatic heterocycles. The highest BCUT2D eigenvalue weighted by Gasteiger charge is 2.38. The van der Waals surface area contributed by atoms with Crippen molar-refractivity contribution in [3.63, 3.8) is 0 Å². The highest BCUT2D eigenvalue weighted by Crippen LogP contribution is 2.53. The Kier molecular flexibility index (Phi) is 8.78. The number of aromatic nitrogens is 2. The van der Waals surface area contributed by atoms with E-state index in [9.17, 15) is 0 Å². The fourth-order valence-electron chi connectivity index (χ4n) is 9.27. The quantitative estimate of drug-likeness (QED) is 0.133. The van der Waals surface area contributed by atoms with Crippen LogP contribution in [-0.4, -0.2) is 9.97 Å². The van der Waals surface area contributed by atoms with E-state index in [-0.39, 0.29) is 32.3 Å². The van der Waals surface area contributed by atoms with Gasteiger partial charge in [-0.2, -0.15) is 0 Å². The third-order valence-corrected chi connectivity index (χ3v) is 12.7. The predicted octanol–water partition coefficient (Wildman–Crippen LogP) is 10.5. The van der Waals surface area contributed by atoms with E-state index in [1.165, 1.54) is 22.3 Å². The van der Waals surface area contributed by atoms with Crippen LogP contribution in [0.15, 0.2) is 154 Å². The molecule has 3 heterocycles. The first kappa shape index (κ1) is 37.6. The average molecular weight is 817 g/mol. The minimum Gasteiger partial charge on any atom is -0.310 e. The van der Waals surface area contributed by atoms with Crippen molar-refractivity contribution in [2.45, 2.75) is 38.5 Å². The molecule has 60 heavy (non-hydrogen) atoms. The van der Waals surface area contributed by atoms with Crippen LogP contribution in [0.2, 0.25) is 0 Å². The van der Waals surface area contributed by atoms with Gasteiger partial charge in [-0.05, 0) is 96.4 Å². The number of thiol groups is 2. The first-order valence-corrected chi connectivity index (χ1v) is 20.6. The van der Waals surface area contributed by atoms with Gasteiger partial charge in [-0.25, -0.2) is 18.8 Å². The Balaban J connectivity index is 1.15. The molecule has 2 aliphatic rings. The lowest BCUT2D eigenvalue weighted by Crippen LogP contribution is -2.48. The number of nitrogens with zero attached hydrogens (tertiary/aromatic N) is 6. The molecule has 0 unspecified atom stereocenters. The Morgan fingerprint density at radius 3 is 1.00 bits per heavy atom. The van der Waals surface area contributed by atoms with E-state index >= 15 is 0 Å². The van der Waals surface area contributed by atoms with Crippen LogP contribution >= 0.6 is 25.6 Å². The number of hydrogen-bond donors (Lipinski definition) is 4. The fourth-order valence-corrected chi connectivity index (χ4v) is 9.66. The number of benzene rings is 7. The van der Waals surface area contributed by atoms with Crippen LogP contribution in [0, 0.1) is 10.8 Å². The molecular weight excluding hydrogens is 777 g/mol. The maximum Gasteiger partial charge on any atom is 0.126 e. The summed E-state index contributed by atoms with van der Waals surface area (Å²) in [6.45, 7) is 9.14. The van der Waals surface area contributed by atoms with Crippen LogP contribution in [0.3, 0.4) is 0 Å². The van der Waals surface area contributed by atoms with E-state index in [1.54, 1.807) is 0 Å². The molecule has 0 radical (unpaired) electrons. The Hall–Kier alpha value is -6.62. The lowest BCUT2D eigenvalue weighted by Gasteiger charge is -2.42. The Bertz CT molecular complexity index is 2970. The molecule has 10 rings (SSSR count). The summed E-state index contributed by atoms with van der Waals surface area (Å²) in [5, 5.41) is 17.5. The summed E-state index contributed by atoms with van der Waals surface area (Å²) in [5.74, 6) is 0. The molecule has 0 saturated carbocycles. The Morgan fingerprint density at radius 1 is 0.433 bits per heavy atom. The largest absolute Gasteiger partial charge is 0.310 e. The van der Waals surface area contributed by atoms with Crippen LogP contribution in [0.4, 0.5) is 34.1 Å². The zero-order valence-electron chi connectivity index (χ0n) is 33.4. The van der Waals surface area contributed by atoms with Crippen molar-refractivity contribution in [1.82, 2.24) is 9.97 Å². The molecule has 0 bridgehead atoms. The number of hydrogen-bond acceptors (Lipinski definition) is 10. The van der Waals surface area contributed by atoms with E-state index < -0.39 is 0 Å². The minimum atomic E-state index is -0.171. The lowest BCUT2D eigenvalue weighted by atomic mass is 9.73. The Labute approximate surface area is 358 Å². The van der Waals surface area contributed by atoms with Gasteiger partial charge in [0, 0.05) is 33.3 Å². The highest BCUT2D eigenvalue weighted by molar-refractivity contribution is 7.78. The van der Waals surface area contributed by atoms with Crippen LogP contribution in [0.1, 0.15) is 49.9 Å². The second-order valence-corrected chi connectivity index (χ2v) is 16.7. The van der Waals surface area contributed by atoms with Crippen molar-refractivity contribution in [1.29, 1.82) is 10.8 Å². The van der Waals surface area contributed by atoms with Crippen molar-refractivity contribution in [2.24, 2.45) is 8.80 Å². The van der Waals surface area contributed by atoms with E-state index in [2.05, 4.69) is 218 Å². The molecule has 7 aromatic carbocycles. The van der Waals surface area contributed by atoms with E-state index in [4.69, 9.17) is 20.8 Å². The number of para-hydroxylation sites is 4. The summed E-state index contributed by atoms with van der Waals surface area (Å²) in [4.78, 5) is 15.0. The van der Waals surface area contributed by atoms with Gasteiger partial charge in [-0.15, -0.1) is 0 Å². The van der Waals surface area contributed by atoms with Crippen molar-refractivity contribution in [2.75, 3.05) is 9.80 Å². The molecular formula is C50H40N8S2. The van der Waals surface area contributed by atoms with Crippen LogP contribution in [-0.2, 0) is 10.8 Å². The molecule has 8 aromatic rings. The second kappa shape index (κ2) is 14.0. The third-order valence-electron chi connectivity index (χ3n) is 12.3. The summed E-state index contributed by atoms with van der Waals surface area (Å²) in [7, 11) is 0. The monoisotopic (exact) mass is 816 g/mol. The first-order valence-electron chi connectivity index (χ1n) is 19.8. The zero-order valence-corrected chi connectivity index (χ0v) is 35.2. The topological polar surface area (TPSA) is 105 Å². The smallest absolute Gasteiger partial charge is 0.126 e. The predicted molar refractivity (Wildman–Crippen MR) is 247 cm³/mol. The SMILES string of the molecule is CC1(C)c2ccccc2N(c2ccc(-c3nc4c(=NS)c(=N)c(=N)/c(=N\S)c4nc3-c3ccc(N4c5ccccc5C(C)(C)c5ccccc54)cc3)cc2)c2ccccc21. The molecule has 292 valence electrons. The van der Waals surface area contributed by atoms with Crippen molar-refractivity contribution in [3.05, 3.63) is 189 Å². The standard InChI is InChI=1S/C50H40N8S2/c1-49(2)33-13-5-9-17-37(33)57(38-18-10-6-14-34(38)49)31-25-21-29(22-26-31)43-44(54-48-46(56-60)42(52)41(51)45(55-59)47(48)53-43)30-23-27-32(28-24-30)58-39-19-11-7-15-35(39)50(3,4)36-16-8-12-20-40(36)58/h5-28,51-52,59-60H,1-4H3/b51-41?,52-42?,55-45+,56-46?. The molecule has 0 fully saturated rings. The summed E-state index contributed by atoms with van der Waals surface area (Å²) in [5.41, 5.74) is 14.7. The molecule has 2 aliphatic heterocycles. The normalized spacial score (nSPS) is 15.4. The molecule has 8 nitrogen and oxygen atoms in total. The van der Waals surface area contributed by atoms with Gasteiger partial charge in [-0.3, -0.25) is 10.8 Å². The summed E-state index contributed by atoms with van der Waals surface area (Å²) < 4.78 is 8.23. The number of anilines is 6. The summed E-state index contributed by atoms with van der Waals surface area (Å²) in [6, 6.07) is 51.2. The maximum atomic E-state index is 8.75. The third kappa shape index (κ3) is 5.54. The molecule has 0 atom stereocenters. The number of nitrogens with one attached hydrogen (secondary N) is 2. The van der Waals surface area contributed by atoms with E-state index in [0.29, 0.717) is 22.4 Å². The number of rotatable bonds is 4. The summed E-state index contributed by atoms with van der Waals surface area (Å²) in [6.07, 6.45) is 0. The van der Waals surface area contributed by atoms with Gasteiger partial charge >= 0.3 is 0 Å². The van der Waals surface area contributed by atoms with E-state index in [0.717, 1.165) is 45.3 Å². The van der Waals surface area contributed by atoms with Gasteiger partial charge in [0.1, 0.15) is 32.5 Å². The number of fused-ring (bicyclic) bond motifs is 5. The van der Waals surface area contributed by atoms with Crippen molar-refractivity contribution >= 4 is 70.8 Å². The van der Waals surface area contributed by atoms with Crippen LogP contribution in [0.5, 0.6) is 0 Å². The summed E-state index contributed by atoms with van der Waals surface area (Å²) >= 11 is 8.44. The average Bonchev–Trinajstić information content (AvgIpc) is 3.27. The van der Waals surface area contributed by atoms with Crippen LogP contribution < -0.4 is 31.2 Å². The van der Waals surface area contributed by atoms with Gasteiger partial charge in [0.25, 0.3) is 0 Å². The molecule has 10 heteroatoms. The molecule has 0 aliphatic carbocycles. The van der Waals surface area contributed by atoms with Gasteiger partial charge in [0.2, 0.25) is 0 Å². The molecule has 2 N–H and O–H groups in total. The van der Waals surface area contributed by atoms with Crippen molar-refractivity contribution in [3.8, 4) is 22.5 Å². The van der Waals surface area contributed by atoms with Crippen LogP contribution in [0.25, 0.3) is 33.5 Å². The first-order chi connectivity index (χ1) is 29.0.